The lowest BCUT2D eigenvalue weighted by molar-refractivity contribution is 0.316. The first-order valence-electron chi connectivity index (χ1n) is 5.18. The largest absolute Gasteiger partial charge is 0.330 e. The Morgan fingerprint density at radius 1 is 1.17 bits per heavy atom. The van der Waals surface area contributed by atoms with Gasteiger partial charge in [0.05, 0.1) is 0 Å². The van der Waals surface area contributed by atoms with Gasteiger partial charge >= 0.3 is 0 Å². The number of hydrogen-bond donors (Lipinski definition) is 2. The van der Waals surface area contributed by atoms with Crippen LogP contribution in [0.2, 0.25) is 0 Å². The predicted octanol–water partition coefficient (Wildman–Crippen LogP) is 1.35. The van der Waals surface area contributed by atoms with Crippen molar-refractivity contribution < 1.29 is 0 Å². The zero-order valence-corrected chi connectivity index (χ0v) is 8.13. The van der Waals surface area contributed by atoms with E-state index in [9.17, 15) is 0 Å². The predicted molar refractivity (Wildman–Crippen MR) is 52.7 cm³/mol. The molecule has 72 valence electrons. The molecular weight excluding hydrogens is 148 g/mol. The van der Waals surface area contributed by atoms with Gasteiger partial charge in [-0.3, -0.25) is 0 Å². The van der Waals surface area contributed by atoms with Crippen LogP contribution in [0.3, 0.4) is 0 Å². The van der Waals surface area contributed by atoms with E-state index in [2.05, 4.69) is 6.92 Å². The highest BCUT2D eigenvalue weighted by atomic mass is 14.6. The third-order valence-electron chi connectivity index (χ3n) is 3.35. The monoisotopic (exact) mass is 170 g/mol. The molecule has 12 heavy (non-hydrogen) atoms. The molecule has 3 atom stereocenters. The van der Waals surface area contributed by atoms with Crippen LogP contribution in [0.25, 0.3) is 0 Å². The molecule has 0 aromatic heterocycles. The van der Waals surface area contributed by atoms with Crippen LogP contribution in [0.4, 0.5) is 0 Å². The smallest absolute Gasteiger partial charge is 0.00462 e. The van der Waals surface area contributed by atoms with Crippen LogP contribution >= 0.6 is 0 Å². The van der Waals surface area contributed by atoms with Gasteiger partial charge in [-0.1, -0.05) is 19.8 Å². The highest BCUT2D eigenvalue weighted by Crippen LogP contribution is 2.30. The van der Waals surface area contributed by atoms with E-state index in [1.54, 1.807) is 0 Å². The Kier molecular flexibility index (Phi) is 4.02. The summed E-state index contributed by atoms with van der Waals surface area (Å²) in [5.41, 5.74) is 11.4. The van der Waals surface area contributed by atoms with Gasteiger partial charge in [0.2, 0.25) is 0 Å². The molecule has 0 heterocycles. The second-order valence-electron chi connectivity index (χ2n) is 4.24. The first kappa shape index (κ1) is 10.0. The first-order chi connectivity index (χ1) is 5.77. The fourth-order valence-corrected chi connectivity index (χ4v) is 2.29. The standard InChI is InChI=1S/C10H22N2/c1-8-3-2-4-9(6-11)5-10(8)7-12/h8-10H,2-7,11-12H2,1H3. The van der Waals surface area contributed by atoms with E-state index in [0.717, 1.165) is 30.8 Å². The molecule has 1 aliphatic rings. The lowest BCUT2D eigenvalue weighted by Crippen LogP contribution is -2.24. The topological polar surface area (TPSA) is 52.0 Å². The summed E-state index contributed by atoms with van der Waals surface area (Å²) in [6, 6.07) is 0. The first-order valence-corrected chi connectivity index (χ1v) is 5.18. The Morgan fingerprint density at radius 3 is 2.50 bits per heavy atom. The van der Waals surface area contributed by atoms with Gasteiger partial charge in [0.15, 0.2) is 0 Å². The molecule has 2 heteroatoms. The van der Waals surface area contributed by atoms with Crippen LogP contribution in [0.15, 0.2) is 0 Å². The quantitative estimate of drug-likeness (QED) is 0.615. The molecule has 1 fully saturated rings. The average molecular weight is 170 g/mol. The van der Waals surface area contributed by atoms with E-state index in [1.165, 1.54) is 25.7 Å². The van der Waals surface area contributed by atoms with E-state index in [-0.39, 0.29) is 0 Å². The lowest BCUT2D eigenvalue weighted by atomic mass is 9.87. The minimum Gasteiger partial charge on any atom is -0.330 e. The van der Waals surface area contributed by atoms with Crippen LogP contribution in [0.1, 0.15) is 32.6 Å². The second kappa shape index (κ2) is 4.83. The SMILES string of the molecule is CC1CCCC(CN)CC1CN. The summed E-state index contributed by atoms with van der Waals surface area (Å²) in [5, 5.41) is 0. The van der Waals surface area contributed by atoms with Crippen molar-refractivity contribution >= 4 is 0 Å². The third kappa shape index (κ3) is 2.46. The highest BCUT2D eigenvalue weighted by Gasteiger charge is 2.23. The van der Waals surface area contributed by atoms with E-state index in [0.29, 0.717) is 0 Å². The molecule has 0 amide bonds. The Bertz CT molecular complexity index is 125. The third-order valence-corrected chi connectivity index (χ3v) is 3.35. The zero-order valence-electron chi connectivity index (χ0n) is 8.13. The van der Waals surface area contributed by atoms with Gasteiger partial charge in [-0.05, 0) is 43.7 Å². The number of nitrogens with two attached hydrogens (primary N) is 2. The van der Waals surface area contributed by atoms with Crippen molar-refractivity contribution in [3.8, 4) is 0 Å². The van der Waals surface area contributed by atoms with Gasteiger partial charge in [-0.25, -0.2) is 0 Å². The summed E-state index contributed by atoms with van der Waals surface area (Å²) in [4.78, 5) is 0. The zero-order chi connectivity index (χ0) is 8.97. The summed E-state index contributed by atoms with van der Waals surface area (Å²) < 4.78 is 0. The Morgan fingerprint density at radius 2 is 1.92 bits per heavy atom. The van der Waals surface area contributed by atoms with Gasteiger partial charge in [-0.15, -0.1) is 0 Å². The summed E-state index contributed by atoms with van der Waals surface area (Å²) in [5.74, 6) is 2.27. The van der Waals surface area contributed by atoms with Gasteiger partial charge < -0.3 is 11.5 Å². The molecule has 0 saturated heterocycles. The lowest BCUT2D eigenvalue weighted by Gasteiger charge is -2.21. The maximum absolute atomic E-state index is 5.74. The van der Waals surface area contributed by atoms with Crippen LogP contribution in [0.5, 0.6) is 0 Å². The normalized spacial score (nSPS) is 37.8. The van der Waals surface area contributed by atoms with Gasteiger partial charge in [-0.2, -0.15) is 0 Å². The van der Waals surface area contributed by atoms with Gasteiger partial charge in [0.25, 0.3) is 0 Å². The summed E-state index contributed by atoms with van der Waals surface area (Å²) in [6.45, 7) is 4.03. The summed E-state index contributed by atoms with van der Waals surface area (Å²) in [6.07, 6.45) is 5.27. The fourth-order valence-electron chi connectivity index (χ4n) is 2.29. The van der Waals surface area contributed by atoms with Crippen molar-refractivity contribution in [3.63, 3.8) is 0 Å². The van der Waals surface area contributed by atoms with E-state index < -0.39 is 0 Å². The molecule has 2 nitrogen and oxygen atoms in total. The number of hydrogen-bond acceptors (Lipinski definition) is 2. The molecule has 3 unspecified atom stereocenters. The van der Waals surface area contributed by atoms with E-state index in [4.69, 9.17) is 11.5 Å². The molecule has 0 aromatic carbocycles. The molecular formula is C10H22N2. The molecule has 1 aliphatic carbocycles. The molecule has 1 rings (SSSR count). The van der Waals surface area contributed by atoms with Gasteiger partial charge in [0, 0.05) is 0 Å². The molecule has 0 aromatic rings. The van der Waals surface area contributed by atoms with E-state index >= 15 is 0 Å². The molecule has 0 radical (unpaired) electrons. The molecule has 0 spiro atoms. The van der Waals surface area contributed by atoms with Crippen LogP contribution in [0, 0.1) is 17.8 Å². The maximum Gasteiger partial charge on any atom is -0.00462 e. The van der Waals surface area contributed by atoms with Crippen LogP contribution < -0.4 is 11.5 Å². The van der Waals surface area contributed by atoms with Crippen molar-refractivity contribution in [2.24, 2.45) is 29.2 Å². The van der Waals surface area contributed by atoms with E-state index in [1.807, 2.05) is 0 Å². The average Bonchev–Trinajstić information content (AvgIpc) is 2.27. The molecule has 0 aliphatic heterocycles. The van der Waals surface area contributed by atoms with Crippen molar-refractivity contribution in [3.05, 3.63) is 0 Å². The Balaban J connectivity index is 2.46. The van der Waals surface area contributed by atoms with Crippen molar-refractivity contribution in [2.75, 3.05) is 13.1 Å². The maximum atomic E-state index is 5.74. The summed E-state index contributed by atoms with van der Waals surface area (Å²) >= 11 is 0. The Hall–Kier alpha value is -0.0800. The minimum absolute atomic E-state index is 0.723. The second-order valence-corrected chi connectivity index (χ2v) is 4.24. The minimum atomic E-state index is 0.723. The molecule has 4 N–H and O–H groups in total. The fraction of sp³-hybridized carbons (Fsp3) is 1.00. The Labute approximate surface area is 75.7 Å². The van der Waals surface area contributed by atoms with Crippen molar-refractivity contribution in [1.29, 1.82) is 0 Å². The molecule has 0 bridgehead atoms. The molecule has 1 saturated carbocycles. The highest BCUT2D eigenvalue weighted by molar-refractivity contribution is 4.76. The van der Waals surface area contributed by atoms with Crippen LogP contribution in [-0.2, 0) is 0 Å². The van der Waals surface area contributed by atoms with Crippen molar-refractivity contribution in [2.45, 2.75) is 32.6 Å². The van der Waals surface area contributed by atoms with Crippen LogP contribution in [-0.4, -0.2) is 13.1 Å². The van der Waals surface area contributed by atoms with Crippen molar-refractivity contribution in [1.82, 2.24) is 0 Å². The van der Waals surface area contributed by atoms with Gasteiger partial charge in [0.1, 0.15) is 0 Å². The number of rotatable bonds is 2. The summed E-state index contributed by atoms with van der Waals surface area (Å²) in [7, 11) is 0.